The van der Waals surface area contributed by atoms with Crippen LogP contribution in [0.4, 0.5) is 4.79 Å². The van der Waals surface area contributed by atoms with Crippen molar-refractivity contribution < 1.29 is 131 Å². The van der Waals surface area contributed by atoms with Gasteiger partial charge in [-0.25, -0.2) is 9.36 Å². The van der Waals surface area contributed by atoms with Crippen LogP contribution in [0, 0.1) is 46.3 Å². The number of likely N-dealkylation sites (tertiary alicyclic amines) is 2. The Morgan fingerprint density at radius 3 is 1.81 bits per heavy atom. The Labute approximate surface area is 684 Å². The molecule has 8 rings (SSSR count). The SMILES string of the molecule is COP(O)(=S)OC[C@@H]1C[C@@H](OP(=O)(O)OCC2C[C@@H](O)CN2C(=O)CCCCCCC(=O)[C@H](CCCCNC(=O)CCCCOC2OC(CO)C(O)C(O)C2O)NC(=O)CCCCOC2OC(CO)C(O)C(O)C2O)CN1C(=O)CCCCCNC(=O)OC1CC[C@@]2(C)C(=CC[C@H]3C4CCC([C@H](C)CCCC(C)C)[C@]4(C)CC[C@H]32)C1. The third-order valence-corrected chi connectivity index (χ3v) is 28.8. The molecule has 4 aliphatic carbocycles. The third-order valence-electron chi connectivity index (χ3n) is 26.0. The van der Waals surface area contributed by atoms with E-state index in [2.05, 4.69) is 56.6 Å². The number of aliphatic hydroxyl groups is 9. The van der Waals surface area contributed by atoms with Crippen LogP contribution in [0.5, 0.6) is 0 Å². The summed E-state index contributed by atoms with van der Waals surface area (Å²) < 4.78 is 63.1. The summed E-state index contributed by atoms with van der Waals surface area (Å²) in [4.78, 5) is 105. The quantitative estimate of drug-likeness (QED) is 0.0181. The van der Waals surface area contributed by atoms with Crippen LogP contribution in [0.15, 0.2) is 11.6 Å². The van der Waals surface area contributed by atoms with Crippen LogP contribution in [0.25, 0.3) is 0 Å². The van der Waals surface area contributed by atoms with Gasteiger partial charge in [0.25, 0.3) is 0 Å². The van der Waals surface area contributed by atoms with Gasteiger partial charge in [-0.3, -0.25) is 33.0 Å². The lowest BCUT2D eigenvalue weighted by Crippen LogP contribution is -2.59. The number of nitrogens with one attached hydrogen (secondary N) is 3. The van der Waals surface area contributed by atoms with Gasteiger partial charge in [0.05, 0.1) is 56.8 Å². The number of fused-ring (bicyclic) bond motifs is 5. The van der Waals surface area contributed by atoms with E-state index in [0.717, 1.165) is 55.3 Å². The second-order valence-corrected chi connectivity index (χ2v) is 39.0. The first-order valence-corrected chi connectivity index (χ1v) is 46.8. The van der Waals surface area contributed by atoms with Crippen molar-refractivity contribution in [3.05, 3.63) is 11.6 Å². The molecule has 0 bridgehead atoms. The summed E-state index contributed by atoms with van der Waals surface area (Å²) in [5.74, 6) is 3.04. The molecule has 0 aromatic heterocycles. The van der Waals surface area contributed by atoms with Crippen molar-refractivity contribution in [1.29, 1.82) is 0 Å². The number of hydrogen-bond acceptors (Lipinski definition) is 26. The van der Waals surface area contributed by atoms with Crippen molar-refractivity contribution in [2.45, 2.75) is 338 Å². The molecule has 35 heteroatoms. The lowest BCUT2D eigenvalue weighted by Gasteiger charge is -2.58. The smallest absolute Gasteiger partial charge is 0.446 e. The molecule has 32 nitrogen and oxygen atoms in total. The summed E-state index contributed by atoms with van der Waals surface area (Å²) in [6, 6.07) is -2.35. The minimum Gasteiger partial charge on any atom is -0.446 e. The number of phosphoric acid groups is 1. The maximum Gasteiger partial charge on any atom is 0.472 e. The number of aliphatic hydroxyl groups excluding tert-OH is 9. The molecule has 662 valence electrons. The normalized spacial score (nSPS) is 33.6. The number of carbonyl (C=O) groups is 6. The average Bonchev–Trinajstić information content (AvgIpc) is 1.67. The molecule has 3 saturated carbocycles. The predicted octanol–water partition coefficient (Wildman–Crippen LogP) is 6.28. The number of unbranched alkanes of at least 4 members (excludes halogenated alkanes) is 8. The molecule has 0 radical (unpaired) electrons. The number of amides is 5. The first-order chi connectivity index (χ1) is 54.7. The number of alkyl carbamates (subject to hydrolysis) is 1. The topological polar surface area (TPSA) is 468 Å². The molecule has 0 aromatic carbocycles. The standard InChI is InChI=1S/C80H139N5O27P2S/c1-50(2)21-20-22-51(3)59-31-32-60-58-30-29-52-41-56(33-35-79(52,4)61(58)34-36-80(59,60)5)109-78(100)82-38-16-9-12-28-69(93)85-45-57(43-54(85)49-108-114(103,115)104-6)112-113(101,102)107-48-53-42-55(88)44-84(53)68(92)27-11-8-7-10-24-63(89)62(83-67(91)26-15-19-40-106-77-75(99)73(97)71(95)65(47-87)111-77)23-13-17-37-81-66(90)25-14-18-39-105-76-74(98)72(96)70(94)64(46-86)110-76/h29,50-51,53-62,64-65,70-77,86-88,94-99H,7-28,30-49H2,1-6H3,(H,81,90)(H,82,100)(H,83,91)(H,101,102)(H,103,115)/t51-,53?,54+,55-,56?,57-,58+,59?,60?,61-,62+,64?,65?,70?,71?,72?,73?,74?,75?,76?,77?,79+,80+,114?/m1/s1. The molecule has 4 heterocycles. The fourth-order valence-electron chi connectivity index (χ4n) is 19.5. The number of ketones is 1. The van der Waals surface area contributed by atoms with E-state index < -0.39 is 138 Å². The highest BCUT2D eigenvalue weighted by Gasteiger charge is 2.60. The number of carbonyl (C=O) groups excluding carboxylic acids is 6. The number of Topliss-reactive ketones (excluding diaryl/α,β-unsaturated/α-hetero) is 1. The molecule has 14 N–H and O–H groups in total. The minimum absolute atomic E-state index is 0.000504. The second kappa shape index (κ2) is 46.8. The molecular weight excluding hydrogens is 1560 g/mol. The van der Waals surface area contributed by atoms with Crippen LogP contribution in [-0.2, 0) is 82.1 Å². The summed E-state index contributed by atoms with van der Waals surface area (Å²) >= 11 is 5.06. The molecular formula is C80H139N5O27P2S. The van der Waals surface area contributed by atoms with Crippen LogP contribution >= 0.6 is 14.5 Å². The Morgan fingerprint density at radius 1 is 0.609 bits per heavy atom. The van der Waals surface area contributed by atoms with E-state index in [4.69, 9.17) is 53.6 Å². The fourth-order valence-corrected chi connectivity index (χ4v) is 21.1. The summed E-state index contributed by atoms with van der Waals surface area (Å²) in [6.45, 7) is 7.29. The Balaban J connectivity index is 0.717. The second-order valence-electron chi connectivity index (χ2n) is 34.7. The van der Waals surface area contributed by atoms with Gasteiger partial charge >= 0.3 is 20.6 Å². The zero-order chi connectivity index (χ0) is 83.8. The van der Waals surface area contributed by atoms with Gasteiger partial charge in [-0.1, -0.05) is 84.8 Å². The Hall–Kier alpha value is -3.32. The van der Waals surface area contributed by atoms with E-state index in [-0.39, 0.29) is 126 Å². The molecule has 25 atom stereocenters. The highest BCUT2D eigenvalue weighted by molar-refractivity contribution is 8.07. The predicted molar refractivity (Wildman–Crippen MR) is 425 cm³/mol. The molecule has 115 heavy (non-hydrogen) atoms. The third kappa shape index (κ3) is 28.4. The molecule has 4 aliphatic heterocycles. The minimum atomic E-state index is -4.86. The summed E-state index contributed by atoms with van der Waals surface area (Å²) in [5, 5.41) is 98.9. The van der Waals surface area contributed by atoms with Gasteiger partial charge in [-0.2, -0.15) is 0 Å². The van der Waals surface area contributed by atoms with Crippen molar-refractivity contribution in [3.63, 3.8) is 0 Å². The Kier molecular flexibility index (Phi) is 39.5. The number of phosphoric ester groups is 1. The zero-order valence-electron chi connectivity index (χ0n) is 68.6. The van der Waals surface area contributed by atoms with E-state index in [1.54, 1.807) is 0 Å². The monoisotopic (exact) mass is 1700 g/mol. The van der Waals surface area contributed by atoms with E-state index >= 15 is 0 Å². The van der Waals surface area contributed by atoms with Gasteiger partial charge in [0.2, 0.25) is 23.6 Å². The van der Waals surface area contributed by atoms with Crippen molar-refractivity contribution in [2.24, 2.45) is 46.3 Å². The first-order valence-electron chi connectivity index (χ1n) is 42.7. The number of rotatable bonds is 49. The number of β-amino-alcohol motifs (C(OH)–C–C–N with tert-alkyl or cyclic N) is 1. The maximum absolute atomic E-state index is 13.9. The fraction of sp³-hybridized carbons (Fsp3) is 0.900. The number of hydrogen-bond donors (Lipinski definition) is 14. The highest BCUT2D eigenvalue weighted by atomic mass is 32.5. The van der Waals surface area contributed by atoms with Crippen molar-refractivity contribution in [3.8, 4) is 0 Å². The van der Waals surface area contributed by atoms with E-state index in [0.29, 0.717) is 101 Å². The van der Waals surface area contributed by atoms with Crippen LogP contribution < -0.4 is 16.0 Å². The van der Waals surface area contributed by atoms with Gasteiger partial charge < -0.3 is 114 Å². The van der Waals surface area contributed by atoms with E-state index in [1.807, 2.05) is 0 Å². The van der Waals surface area contributed by atoms with Gasteiger partial charge in [0.1, 0.15) is 54.9 Å². The van der Waals surface area contributed by atoms with Crippen molar-refractivity contribution >= 4 is 61.9 Å². The molecule has 0 aromatic rings. The first kappa shape index (κ1) is 97.1. The lowest BCUT2D eigenvalue weighted by molar-refractivity contribution is -0.301. The Bertz CT molecular complexity index is 3190. The average molecular weight is 1700 g/mol. The van der Waals surface area contributed by atoms with Crippen LogP contribution in [0.1, 0.15) is 240 Å². The number of nitrogens with zero attached hydrogens (tertiary/aromatic N) is 2. The summed E-state index contributed by atoms with van der Waals surface area (Å²) in [7, 11) is -3.66. The Morgan fingerprint density at radius 2 is 1.18 bits per heavy atom. The van der Waals surface area contributed by atoms with E-state index in [9.17, 15) is 89.1 Å². The van der Waals surface area contributed by atoms with Crippen molar-refractivity contribution in [2.75, 3.05) is 72.9 Å². The van der Waals surface area contributed by atoms with Gasteiger partial charge in [-0.15, -0.1) is 0 Å². The number of allylic oxidation sites excluding steroid dienone is 1. The maximum atomic E-state index is 13.9. The van der Waals surface area contributed by atoms with Gasteiger partial charge in [-0.05, 0) is 187 Å². The van der Waals surface area contributed by atoms with Crippen LogP contribution in [-0.4, -0.2) is 272 Å². The lowest BCUT2D eigenvalue weighted by atomic mass is 9.47. The summed E-state index contributed by atoms with van der Waals surface area (Å²) in [6.07, 6.45) is 5.55. The highest BCUT2D eigenvalue weighted by Crippen LogP contribution is 2.67. The summed E-state index contributed by atoms with van der Waals surface area (Å²) in [5.41, 5.74) is 2.03. The molecule has 16 unspecified atom stereocenters. The zero-order valence-corrected chi connectivity index (χ0v) is 71.2. The van der Waals surface area contributed by atoms with Crippen molar-refractivity contribution in [1.82, 2.24) is 25.8 Å². The molecule has 7 fully saturated rings. The molecule has 5 amide bonds. The molecule has 0 spiro atoms. The largest absolute Gasteiger partial charge is 0.472 e. The number of ether oxygens (including phenoxy) is 5. The van der Waals surface area contributed by atoms with Crippen LogP contribution in [0.2, 0.25) is 0 Å². The molecule has 8 aliphatic rings. The van der Waals surface area contributed by atoms with Crippen LogP contribution in [0.3, 0.4) is 0 Å². The van der Waals surface area contributed by atoms with Gasteiger partial charge in [0, 0.05) is 85.0 Å². The van der Waals surface area contributed by atoms with E-state index in [1.165, 1.54) is 67.4 Å². The van der Waals surface area contributed by atoms with Gasteiger partial charge in [0.15, 0.2) is 18.4 Å². The molecule has 4 saturated heterocycles.